The van der Waals surface area contributed by atoms with Gasteiger partial charge in [0.05, 0.1) is 11.6 Å². The highest BCUT2D eigenvalue weighted by Gasteiger charge is 2.04. The van der Waals surface area contributed by atoms with E-state index in [-0.39, 0.29) is 5.75 Å². The van der Waals surface area contributed by atoms with Crippen molar-refractivity contribution >= 4 is 5.69 Å². The zero-order valence-electron chi connectivity index (χ0n) is 11.1. The highest BCUT2D eigenvalue weighted by atomic mass is 16.3. The Labute approximate surface area is 113 Å². The van der Waals surface area contributed by atoms with Gasteiger partial charge >= 0.3 is 0 Å². The fourth-order valence-electron chi connectivity index (χ4n) is 1.93. The number of rotatable bonds is 3. The van der Waals surface area contributed by atoms with Gasteiger partial charge in [-0.25, -0.2) is 0 Å². The van der Waals surface area contributed by atoms with Gasteiger partial charge in [-0.3, -0.25) is 0 Å². The molecule has 0 spiro atoms. The van der Waals surface area contributed by atoms with Gasteiger partial charge < -0.3 is 10.4 Å². The Balaban J connectivity index is 2.19. The molecule has 0 saturated heterocycles. The molecule has 0 bridgehead atoms. The summed E-state index contributed by atoms with van der Waals surface area (Å²) in [5, 5.41) is 22.0. The van der Waals surface area contributed by atoms with Crippen molar-refractivity contribution in [2.24, 2.45) is 0 Å². The number of anilines is 1. The summed E-state index contributed by atoms with van der Waals surface area (Å²) >= 11 is 0. The van der Waals surface area contributed by atoms with Crippen LogP contribution in [0, 0.1) is 25.2 Å². The Hall–Kier alpha value is -2.47. The first kappa shape index (κ1) is 13.0. The molecule has 2 aromatic rings. The lowest BCUT2D eigenvalue weighted by atomic mass is 10.1. The Morgan fingerprint density at radius 3 is 2.68 bits per heavy atom. The molecule has 0 aliphatic heterocycles. The number of aromatic hydroxyl groups is 1. The summed E-state index contributed by atoms with van der Waals surface area (Å²) in [6, 6.07) is 13.2. The van der Waals surface area contributed by atoms with Gasteiger partial charge in [0.25, 0.3) is 0 Å². The Morgan fingerprint density at radius 1 is 1.16 bits per heavy atom. The molecule has 19 heavy (non-hydrogen) atoms. The lowest BCUT2D eigenvalue weighted by Gasteiger charge is -2.11. The SMILES string of the molecule is Cc1ccc(O)c(CNc2cc(C#N)ccc2C)c1. The molecule has 0 radical (unpaired) electrons. The number of hydrogen-bond acceptors (Lipinski definition) is 3. The zero-order chi connectivity index (χ0) is 13.8. The number of nitrogens with zero attached hydrogens (tertiary/aromatic N) is 1. The highest BCUT2D eigenvalue weighted by Crippen LogP contribution is 2.22. The second-order valence-electron chi connectivity index (χ2n) is 4.63. The molecule has 0 saturated carbocycles. The van der Waals surface area contributed by atoms with Gasteiger partial charge in [-0.15, -0.1) is 0 Å². The molecular weight excluding hydrogens is 236 g/mol. The maximum atomic E-state index is 9.79. The molecule has 2 aromatic carbocycles. The molecule has 0 fully saturated rings. The van der Waals surface area contributed by atoms with E-state index in [1.54, 1.807) is 12.1 Å². The fourth-order valence-corrected chi connectivity index (χ4v) is 1.93. The van der Waals surface area contributed by atoms with Gasteiger partial charge in [0.15, 0.2) is 0 Å². The molecule has 3 heteroatoms. The number of aryl methyl sites for hydroxylation is 2. The van der Waals surface area contributed by atoms with Crippen LogP contribution in [0.1, 0.15) is 22.3 Å². The van der Waals surface area contributed by atoms with Crippen molar-refractivity contribution in [1.29, 1.82) is 5.26 Å². The van der Waals surface area contributed by atoms with Crippen LogP contribution in [0.3, 0.4) is 0 Å². The third-order valence-electron chi connectivity index (χ3n) is 3.07. The van der Waals surface area contributed by atoms with Gasteiger partial charge in [0.1, 0.15) is 5.75 Å². The lowest BCUT2D eigenvalue weighted by molar-refractivity contribution is 0.469. The minimum absolute atomic E-state index is 0.284. The maximum absolute atomic E-state index is 9.79. The fraction of sp³-hybridized carbons (Fsp3) is 0.188. The number of phenols is 1. The van der Waals surface area contributed by atoms with E-state index in [2.05, 4.69) is 11.4 Å². The van der Waals surface area contributed by atoms with E-state index in [1.165, 1.54) is 0 Å². The molecule has 3 nitrogen and oxygen atoms in total. The molecule has 0 aromatic heterocycles. The molecule has 0 atom stereocenters. The highest BCUT2D eigenvalue weighted by molar-refractivity contribution is 5.55. The van der Waals surface area contributed by atoms with Gasteiger partial charge in [0.2, 0.25) is 0 Å². The van der Waals surface area contributed by atoms with Crippen LogP contribution in [0.4, 0.5) is 5.69 Å². The first-order chi connectivity index (χ1) is 9.10. The molecular formula is C16H16N2O. The molecule has 2 rings (SSSR count). The van der Waals surface area contributed by atoms with Crippen molar-refractivity contribution in [3.05, 3.63) is 58.7 Å². The van der Waals surface area contributed by atoms with E-state index in [4.69, 9.17) is 5.26 Å². The minimum atomic E-state index is 0.284. The van der Waals surface area contributed by atoms with Gasteiger partial charge in [-0.2, -0.15) is 5.26 Å². The van der Waals surface area contributed by atoms with Crippen LogP contribution >= 0.6 is 0 Å². The number of nitrogens with one attached hydrogen (secondary N) is 1. The Kier molecular flexibility index (Phi) is 3.72. The van der Waals surface area contributed by atoms with E-state index >= 15 is 0 Å². The van der Waals surface area contributed by atoms with Crippen molar-refractivity contribution in [2.75, 3.05) is 5.32 Å². The summed E-state index contributed by atoms with van der Waals surface area (Å²) in [5.41, 5.74) is 4.58. The maximum Gasteiger partial charge on any atom is 0.120 e. The van der Waals surface area contributed by atoms with Crippen LogP contribution in [0.5, 0.6) is 5.75 Å². The van der Waals surface area contributed by atoms with Crippen molar-refractivity contribution < 1.29 is 5.11 Å². The second kappa shape index (κ2) is 5.45. The van der Waals surface area contributed by atoms with Crippen molar-refractivity contribution in [2.45, 2.75) is 20.4 Å². The van der Waals surface area contributed by atoms with Crippen molar-refractivity contribution in [3.8, 4) is 11.8 Å². The number of phenolic OH excluding ortho intramolecular Hbond substituents is 1. The summed E-state index contributed by atoms with van der Waals surface area (Å²) in [6.07, 6.45) is 0. The Morgan fingerprint density at radius 2 is 1.95 bits per heavy atom. The summed E-state index contributed by atoms with van der Waals surface area (Å²) < 4.78 is 0. The van der Waals surface area contributed by atoms with Crippen molar-refractivity contribution in [1.82, 2.24) is 0 Å². The van der Waals surface area contributed by atoms with Crippen LogP contribution in [-0.4, -0.2) is 5.11 Å². The first-order valence-corrected chi connectivity index (χ1v) is 6.13. The molecule has 0 aliphatic carbocycles. The molecule has 96 valence electrons. The van der Waals surface area contributed by atoms with Crippen LogP contribution in [0.15, 0.2) is 36.4 Å². The monoisotopic (exact) mass is 252 g/mol. The van der Waals surface area contributed by atoms with E-state index in [0.717, 1.165) is 22.4 Å². The van der Waals surface area contributed by atoms with Crippen LogP contribution in [0.2, 0.25) is 0 Å². The standard InChI is InChI=1S/C16H16N2O/c1-11-3-6-16(19)14(7-11)10-18-15-8-13(9-17)5-4-12(15)2/h3-8,18-19H,10H2,1-2H3. The third-order valence-corrected chi connectivity index (χ3v) is 3.07. The summed E-state index contributed by atoms with van der Waals surface area (Å²) in [4.78, 5) is 0. The second-order valence-corrected chi connectivity index (χ2v) is 4.63. The predicted octanol–water partition coefficient (Wildman–Crippen LogP) is 3.49. The van der Waals surface area contributed by atoms with E-state index < -0.39 is 0 Å². The molecule has 2 N–H and O–H groups in total. The van der Waals surface area contributed by atoms with E-state index in [0.29, 0.717) is 12.1 Å². The topological polar surface area (TPSA) is 56.0 Å². The average Bonchev–Trinajstić information content (AvgIpc) is 2.41. The van der Waals surface area contributed by atoms with Crippen LogP contribution in [0.25, 0.3) is 0 Å². The van der Waals surface area contributed by atoms with E-state index in [9.17, 15) is 5.11 Å². The molecule has 0 amide bonds. The first-order valence-electron chi connectivity index (χ1n) is 6.13. The van der Waals surface area contributed by atoms with E-state index in [1.807, 2.05) is 38.1 Å². The molecule has 0 heterocycles. The quantitative estimate of drug-likeness (QED) is 0.879. The predicted molar refractivity (Wildman–Crippen MR) is 76.1 cm³/mol. The third kappa shape index (κ3) is 3.05. The lowest BCUT2D eigenvalue weighted by Crippen LogP contribution is -2.02. The smallest absolute Gasteiger partial charge is 0.120 e. The largest absolute Gasteiger partial charge is 0.508 e. The van der Waals surface area contributed by atoms with Gasteiger partial charge in [-0.1, -0.05) is 23.8 Å². The number of nitriles is 1. The Bertz CT molecular complexity index is 642. The van der Waals surface area contributed by atoms with Crippen LogP contribution < -0.4 is 5.32 Å². The average molecular weight is 252 g/mol. The zero-order valence-corrected chi connectivity index (χ0v) is 11.1. The molecule has 0 aliphatic rings. The van der Waals surface area contributed by atoms with Gasteiger partial charge in [-0.05, 0) is 37.6 Å². The number of benzene rings is 2. The summed E-state index contributed by atoms with van der Waals surface area (Å²) in [7, 11) is 0. The number of hydrogen-bond donors (Lipinski definition) is 2. The van der Waals surface area contributed by atoms with Gasteiger partial charge in [0, 0.05) is 17.8 Å². The van der Waals surface area contributed by atoms with Crippen molar-refractivity contribution in [3.63, 3.8) is 0 Å². The van der Waals surface area contributed by atoms with Crippen LogP contribution in [-0.2, 0) is 6.54 Å². The summed E-state index contributed by atoms with van der Waals surface area (Å²) in [6.45, 7) is 4.51. The normalized spacial score (nSPS) is 9.95. The molecule has 0 unspecified atom stereocenters. The summed E-state index contributed by atoms with van der Waals surface area (Å²) in [5.74, 6) is 0.284. The minimum Gasteiger partial charge on any atom is -0.508 e.